The monoisotopic (exact) mass is 397 g/mol. The van der Waals surface area contributed by atoms with Crippen molar-refractivity contribution >= 4 is 12.0 Å². The van der Waals surface area contributed by atoms with Gasteiger partial charge in [0.2, 0.25) is 5.91 Å². The van der Waals surface area contributed by atoms with Crippen LogP contribution in [0.3, 0.4) is 0 Å². The largest absolute Gasteiger partial charge is 0.444 e. The Labute approximate surface area is 172 Å². The van der Waals surface area contributed by atoms with E-state index in [2.05, 4.69) is 22.2 Å². The Balaban J connectivity index is 1.89. The number of piperidine rings is 1. The van der Waals surface area contributed by atoms with E-state index in [1.165, 1.54) is 12.8 Å². The van der Waals surface area contributed by atoms with Crippen LogP contribution in [0, 0.1) is 5.92 Å². The molecular formula is C21H40N4O3. The van der Waals surface area contributed by atoms with Crippen molar-refractivity contribution in [2.24, 2.45) is 5.92 Å². The molecule has 1 N–H and O–H groups in total. The highest BCUT2D eigenvalue weighted by Crippen LogP contribution is 2.18. The van der Waals surface area contributed by atoms with Crippen LogP contribution in [-0.4, -0.2) is 90.7 Å². The second-order valence-corrected chi connectivity index (χ2v) is 9.37. The summed E-state index contributed by atoms with van der Waals surface area (Å²) >= 11 is 0. The summed E-state index contributed by atoms with van der Waals surface area (Å²) in [5.74, 6) is 0.247. The molecule has 0 bridgehead atoms. The Bertz CT molecular complexity index is 542. The zero-order chi connectivity index (χ0) is 21.6. The van der Waals surface area contributed by atoms with Gasteiger partial charge >= 0.3 is 6.09 Å². The molecule has 2 aliphatic rings. The molecule has 2 aliphatic heterocycles. The van der Waals surface area contributed by atoms with Crippen molar-refractivity contribution in [1.82, 2.24) is 20.0 Å². The van der Waals surface area contributed by atoms with Gasteiger partial charge in [0.05, 0.1) is 0 Å². The molecule has 0 aromatic heterocycles. The van der Waals surface area contributed by atoms with Crippen molar-refractivity contribution in [1.29, 1.82) is 0 Å². The minimum Gasteiger partial charge on any atom is -0.444 e. The summed E-state index contributed by atoms with van der Waals surface area (Å²) in [7, 11) is 2.17. The summed E-state index contributed by atoms with van der Waals surface area (Å²) < 4.78 is 12.8. The molecular weight excluding hydrogens is 356 g/mol. The van der Waals surface area contributed by atoms with Gasteiger partial charge in [-0.25, -0.2) is 4.79 Å². The number of rotatable bonds is 5. The lowest BCUT2D eigenvalue weighted by molar-refractivity contribution is -0.136. The van der Waals surface area contributed by atoms with E-state index >= 15 is 0 Å². The molecule has 0 spiro atoms. The van der Waals surface area contributed by atoms with E-state index in [1.807, 2.05) is 18.7 Å². The predicted octanol–water partition coefficient (Wildman–Crippen LogP) is 2.16. The predicted molar refractivity (Wildman–Crippen MR) is 111 cm³/mol. The number of hydrogen-bond acceptors (Lipinski definition) is 5. The Morgan fingerprint density at radius 1 is 1.14 bits per heavy atom. The number of hydrogen-bond donors (Lipinski definition) is 1. The van der Waals surface area contributed by atoms with Gasteiger partial charge in [-0.2, -0.15) is 0 Å². The number of piperazine rings is 1. The molecule has 0 unspecified atom stereocenters. The second-order valence-electron chi connectivity index (χ2n) is 9.37. The Morgan fingerprint density at radius 2 is 1.75 bits per heavy atom. The average Bonchev–Trinajstić information content (AvgIpc) is 2.67. The van der Waals surface area contributed by atoms with E-state index < -0.39 is 17.7 Å². The van der Waals surface area contributed by atoms with Gasteiger partial charge in [0.15, 0.2) is 0 Å². The average molecular weight is 398 g/mol. The summed E-state index contributed by atoms with van der Waals surface area (Å²) in [6, 6.07) is 0.0361. The first kappa shape index (κ1) is 21.4. The summed E-state index contributed by atoms with van der Waals surface area (Å²) in [6.07, 6.45) is 2.34. The number of ether oxygens (including phenoxy) is 1. The Hall–Kier alpha value is -1.34. The molecule has 2 fully saturated rings. The molecule has 0 aromatic carbocycles. The van der Waals surface area contributed by atoms with Gasteiger partial charge in [0.1, 0.15) is 11.6 Å². The van der Waals surface area contributed by atoms with Gasteiger partial charge in [0, 0.05) is 33.6 Å². The van der Waals surface area contributed by atoms with Crippen LogP contribution in [0.15, 0.2) is 0 Å². The zero-order valence-corrected chi connectivity index (χ0v) is 18.4. The first-order valence-corrected chi connectivity index (χ1v) is 10.6. The van der Waals surface area contributed by atoms with Crippen molar-refractivity contribution in [3.63, 3.8) is 0 Å². The number of nitrogens with one attached hydrogen (secondary N) is 1. The van der Waals surface area contributed by atoms with E-state index in [4.69, 9.17) is 6.11 Å². The fourth-order valence-electron chi connectivity index (χ4n) is 4.00. The summed E-state index contributed by atoms with van der Waals surface area (Å²) in [5, 5.41) is 2.76. The highest BCUT2D eigenvalue weighted by molar-refractivity contribution is 5.85. The standard InChI is InChI=1S/C21H40N4O3/c1-16(2)15-18(22-20(27)28-21(3,4)5)19(26)25-13-11-24(12-14-25)17-7-9-23(6)10-8-17/h16-18H,7-15H2,1-6H3,(H,22,27)/t18-/m0/s1/i3D. The van der Waals surface area contributed by atoms with E-state index in [1.54, 1.807) is 13.8 Å². The third kappa shape index (κ3) is 7.24. The summed E-state index contributed by atoms with van der Waals surface area (Å²) in [5.41, 5.74) is -0.866. The topological polar surface area (TPSA) is 65.1 Å². The normalized spacial score (nSPS) is 22.1. The first-order chi connectivity index (χ1) is 13.6. The van der Waals surface area contributed by atoms with Crippen LogP contribution in [0.1, 0.15) is 55.2 Å². The third-order valence-corrected chi connectivity index (χ3v) is 5.50. The SMILES string of the molecule is [2H]CC(C)(C)OC(=O)N[C@@H](CC(C)C)C(=O)N1CCN(C2CCN(C)CC2)CC1. The minimum absolute atomic E-state index is 0.0256. The quantitative estimate of drug-likeness (QED) is 0.770. The van der Waals surface area contributed by atoms with Crippen molar-refractivity contribution in [2.45, 2.75) is 71.5 Å². The molecule has 7 heteroatoms. The lowest BCUT2D eigenvalue weighted by Gasteiger charge is -2.42. The molecule has 162 valence electrons. The zero-order valence-electron chi connectivity index (χ0n) is 19.4. The van der Waals surface area contributed by atoms with Gasteiger partial charge in [-0.05, 0) is 66.1 Å². The third-order valence-electron chi connectivity index (χ3n) is 5.50. The highest BCUT2D eigenvalue weighted by atomic mass is 16.6. The number of amides is 2. The summed E-state index contributed by atoms with van der Waals surface area (Å²) in [4.78, 5) is 32.2. The van der Waals surface area contributed by atoms with Crippen LogP contribution in [0.4, 0.5) is 4.79 Å². The van der Waals surface area contributed by atoms with Crippen molar-refractivity contribution < 1.29 is 15.7 Å². The van der Waals surface area contributed by atoms with Crippen LogP contribution in [-0.2, 0) is 9.53 Å². The van der Waals surface area contributed by atoms with E-state index in [0.29, 0.717) is 25.6 Å². The summed E-state index contributed by atoms with van der Waals surface area (Å²) in [6.45, 7) is 12.9. The molecule has 0 radical (unpaired) electrons. The number of carbonyl (C=O) groups is 2. The van der Waals surface area contributed by atoms with Gasteiger partial charge in [-0.3, -0.25) is 9.69 Å². The Morgan fingerprint density at radius 3 is 2.29 bits per heavy atom. The first-order valence-electron chi connectivity index (χ1n) is 11.3. The number of likely N-dealkylation sites (tertiary alicyclic amines) is 1. The minimum atomic E-state index is -0.866. The molecule has 2 heterocycles. The number of alkyl carbamates (subject to hydrolysis) is 1. The lowest BCUT2D eigenvalue weighted by Crippen LogP contribution is -2.57. The van der Waals surface area contributed by atoms with Crippen LogP contribution >= 0.6 is 0 Å². The maximum atomic E-state index is 13.1. The van der Waals surface area contributed by atoms with Gasteiger partial charge in [-0.1, -0.05) is 13.8 Å². The van der Waals surface area contributed by atoms with Crippen LogP contribution < -0.4 is 5.32 Å². The molecule has 28 heavy (non-hydrogen) atoms. The molecule has 7 nitrogen and oxygen atoms in total. The molecule has 1 atom stereocenters. The lowest BCUT2D eigenvalue weighted by atomic mass is 10.0. The van der Waals surface area contributed by atoms with Gasteiger partial charge in [0.25, 0.3) is 0 Å². The number of nitrogens with zero attached hydrogens (tertiary/aromatic N) is 3. The van der Waals surface area contributed by atoms with Crippen LogP contribution in [0.5, 0.6) is 0 Å². The van der Waals surface area contributed by atoms with Crippen LogP contribution in [0.2, 0.25) is 0 Å². The Kier molecular flexibility index (Phi) is 7.57. The van der Waals surface area contributed by atoms with E-state index in [0.717, 1.165) is 26.2 Å². The van der Waals surface area contributed by atoms with Gasteiger partial charge < -0.3 is 19.9 Å². The van der Waals surface area contributed by atoms with Crippen molar-refractivity contribution in [2.75, 3.05) is 46.3 Å². The molecule has 2 amide bonds. The molecule has 0 saturated carbocycles. The fraction of sp³-hybridized carbons (Fsp3) is 0.905. The molecule has 2 saturated heterocycles. The van der Waals surface area contributed by atoms with Gasteiger partial charge in [-0.15, -0.1) is 0 Å². The van der Waals surface area contributed by atoms with E-state index in [9.17, 15) is 9.59 Å². The van der Waals surface area contributed by atoms with E-state index in [-0.39, 0.29) is 18.7 Å². The fourth-order valence-corrected chi connectivity index (χ4v) is 4.00. The second kappa shape index (κ2) is 9.92. The molecule has 2 rings (SSSR count). The molecule has 0 aromatic rings. The maximum absolute atomic E-state index is 13.1. The molecule has 0 aliphatic carbocycles. The van der Waals surface area contributed by atoms with Crippen molar-refractivity contribution in [3.8, 4) is 0 Å². The van der Waals surface area contributed by atoms with Crippen molar-refractivity contribution in [3.05, 3.63) is 0 Å². The smallest absolute Gasteiger partial charge is 0.408 e. The number of carbonyl (C=O) groups excluding carboxylic acids is 2. The van der Waals surface area contributed by atoms with Crippen LogP contribution in [0.25, 0.3) is 0 Å². The highest BCUT2D eigenvalue weighted by Gasteiger charge is 2.32. The maximum Gasteiger partial charge on any atom is 0.408 e.